The third-order valence-electron chi connectivity index (χ3n) is 3.12. The zero-order valence-electron chi connectivity index (χ0n) is 12.1. The van der Waals surface area contributed by atoms with E-state index in [4.69, 9.17) is 0 Å². The molecule has 0 aliphatic heterocycles. The van der Waals surface area contributed by atoms with Gasteiger partial charge in [-0.1, -0.05) is 26.0 Å². The Morgan fingerprint density at radius 2 is 1.90 bits per heavy atom. The zero-order valence-corrected chi connectivity index (χ0v) is 13.8. The van der Waals surface area contributed by atoms with E-state index in [9.17, 15) is 0 Å². The molecule has 0 amide bonds. The Kier molecular flexibility index (Phi) is 5.20. The summed E-state index contributed by atoms with van der Waals surface area (Å²) in [6, 6.07) is 8.48. The van der Waals surface area contributed by atoms with E-state index in [2.05, 4.69) is 64.5 Å². The van der Waals surface area contributed by atoms with Crippen molar-refractivity contribution in [3.63, 3.8) is 0 Å². The van der Waals surface area contributed by atoms with Crippen molar-refractivity contribution in [3.05, 3.63) is 44.8 Å². The van der Waals surface area contributed by atoms with Gasteiger partial charge in [-0.2, -0.15) is 0 Å². The van der Waals surface area contributed by atoms with Crippen LogP contribution >= 0.6 is 22.7 Å². The average molecular weight is 307 g/mol. The summed E-state index contributed by atoms with van der Waals surface area (Å²) in [5, 5.41) is 11.0. The van der Waals surface area contributed by atoms with Crippen LogP contribution in [0.1, 0.15) is 23.6 Å². The van der Waals surface area contributed by atoms with Crippen LogP contribution in [0.3, 0.4) is 0 Å². The molecule has 108 valence electrons. The number of guanidine groups is 1. The van der Waals surface area contributed by atoms with Gasteiger partial charge >= 0.3 is 0 Å². The highest BCUT2D eigenvalue weighted by Crippen LogP contribution is 2.26. The van der Waals surface area contributed by atoms with E-state index in [0.717, 1.165) is 19.0 Å². The summed E-state index contributed by atoms with van der Waals surface area (Å²) < 4.78 is 0. The second-order valence-corrected chi connectivity index (χ2v) is 7.20. The van der Waals surface area contributed by atoms with Gasteiger partial charge in [-0.3, -0.25) is 4.99 Å². The summed E-state index contributed by atoms with van der Waals surface area (Å²) in [6.45, 7) is 6.17. The summed E-state index contributed by atoms with van der Waals surface area (Å²) in [5.74, 6) is 0.850. The summed E-state index contributed by atoms with van der Waals surface area (Å²) in [5.41, 5.74) is 0.106. The lowest BCUT2D eigenvalue weighted by atomic mass is 9.91. The van der Waals surface area contributed by atoms with Crippen molar-refractivity contribution in [3.8, 4) is 0 Å². The number of thiophene rings is 2. The molecule has 2 aromatic heterocycles. The predicted molar refractivity (Wildman–Crippen MR) is 89.9 cm³/mol. The normalized spacial score (nSPS) is 12.4. The molecule has 2 N–H and O–H groups in total. The standard InChI is InChI=1S/C15H21N3S2/c1-15(2,13-7-5-9-20-13)11-18-14(16-3)17-10-12-6-4-8-19-12/h4-9H,10-11H2,1-3H3,(H2,16,17,18). The Labute approximate surface area is 128 Å². The topological polar surface area (TPSA) is 36.4 Å². The van der Waals surface area contributed by atoms with Gasteiger partial charge in [0.15, 0.2) is 5.96 Å². The molecule has 0 spiro atoms. The van der Waals surface area contributed by atoms with E-state index in [0.29, 0.717) is 0 Å². The van der Waals surface area contributed by atoms with Gasteiger partial charge in [0.25, 0.3) is 0 Å². The van der Waals surface area contributed by atoms with E-state index >= 15 is 0 Å². The van der Waals surface area contributed by atoms with Gasteiger partial charge in [0.1, 0.15) is 0 Å². The van der Waals surface area contributed by atoms with E-state index < -0.39 is 0 Å². The third-order valence-corrected chi connectivity index (χ3v) is 5.23. The molecule has 0 aliphatic rings. The molecule has 0 saturated heterocycles. The smallest absolute Gasteiger partial charge is 0.191 e. The molecular weight excluding hydrogens is 286 g/mol. The number of rotatable bonds is 5. The number of nitrogens with one attached hydrogen (secondary N) is 2. The summed E-state index contributed by atoms with van der Waals surface area (Å²) >= 11 is 3.56. The molecule has 2 rings (SSSR count). The molecule has 0 unspecified atom stereocenters. The lowest BCUT2D eigenvalue weighted by Gasteiger charge is -2.25. The SMILES string of the molecule is CN=C(NCc1cccs1)NCC(C)(C)c1cccs1. The van der Waals surface area contributed by atoms with Crippen LogP contribution in [0.25, 0.3) is 0 Å². The van der Waals surface area contributed by atoms with Crippen molar-refractivity contribution in [1.82, 2.24) is 10.6 Å². The van der Waals surface area contributed by atoms with Crippen LogP contribution in [0, 0.1) is 0 Å². The molecule has 0 saturated carbocycles. The van der Waals surface area contributed by atoms with Crippen molar-refractivity contribution in [2.75, 3.05) is 13.6 Å². The Morgan fingerprint density at radius 1 is 1.15 bits per heavy atom. The van der Waals surface area contributed by atoms with Gasteiger partial charge in [-0.15, -0.1) is 22.7 Å². The van der Waals surface area contributed by atoms with Crippen LogP contribution in [0.2, 0.25) is 0 Å². The summed E-state index contributed by atoms with van der Waals surface area (Å²) in [4.78, 5) is 6.97. The molecule has 2 heterocycles. The molecule has 0 bridgehead atoms. The second-order valence-electron chi connectivity index (χ2n) is 5.22. The average Bonchev–Trinajstić information content (AvgIpc) is 3.12. The lowest BCUT2D eigenvalue weighted by Crippen LogP contribution is -2.42. The number of hydrogen-bond donors (Lipinski definition) is 2. The quantitative estimate of drug-likeness (QED) is 0.655. The van der Waals surface area contributed by atoms with Crippen molar-refractivity contribution in [2.24, 2.45) is 4.99 Å². The second kappa shape index (κ2) is 6.90. The lowest BCUT2D eigenvalue weighted by molar-refractivity contribution is 0.518. The maximum absolute atomic E-state index is 4.27. The minimum atomic E-state index is 0.106. The van der Waals surface area contributed by atoms with Gasteiger partial charge in [-0.05, 0) is 22.9 Å². The minimum Gasteiger partial charge on any atom is -0.356 e. The highest BCUT2D eigenvalue weighted by atomic mass is 32.1. The highest BCUT2D eigenvalue weighted by Gasteiger charge is 2.21. The maximum Gasteiger partial charge on any atom is 0.191 e. The Bertz CT molecular complexity index is 527. The third kappa shape index (κ3) is 4.08. The monoisotopic (exact) mass is 307 g/mol. The largest absolute Gasteiger partial charge is 0.356 e. The molecule has 3 nitrogen and oxygen atoms in total. The molecular formula is C15H21N3S2. The Morgan fingerprint density at radius 3 is 2.50 bits per heavy atom. The molecule has 2 aromatic rings. The minimum absolute atomic E-state index is 0.106. The van der Waals surface area contributed by atoms with Gasteiger partial charge in [0.05, 0.1) is 6.54 Å². The Hall–Kier alpha value is -1.33. The van der Waals surface area contributed by atoms with E-state index in [1.165, 1.54) is 9.75 Å². The number of nitrogens with zero attached hydrogens (tertiary/aromatic N) is 1. The number of aliphatic imine (C=N–C) groups is 1. The van der Waals surface area contributed by atoms with E-state index in [-0.39, 0.29) is 5.41 Å². The van der Waals surface area contributed by atoms with Crippen molar-refractivity contribution in [2.45, 2.75) is 25.8 Å². The summed E-state index contributed by atoms with van der Waals surface area (Å²) in [7, 11) is 1.81. The van der Waals surface area contributed by atoms with Gasteiger partial charge in [0.2, 0.25) is 0 Å². The van der Waals surface area contributed by atoms with Crippen molar-refractivity contribution >= 4 is 28.6 Å². The van der Waals surface area contributed by atoms with Crippen LogP contribution in [0.4, 0.5) is 0 Å². The molecule has 5 heteroatoms. The molecule has 0 atom stereocenters. The predicted octanol–water partition coefficient (Wildman–Crippen LogP) is 3.45. The van der Waals surface area contributed by atoms with Gasteiger partial charge < -0.3 is 10.6 Å². The molecule has 0 radical (unpaired) electrons. The number of hydrogen-bond acceptors (Lipinski definition) is 3. The maximum atomic E-state index is 4.27. The molecule has 20 heavy (non-hydrogen) atoms. The van der Waals surface area contributed by atoms with Gasteiger partial charge in [0, 0.05) is 28.8 Å². The zero-order chi connectivity index (χ0) is 14.4. The van der Waals surface area contributed by atoms with Crippen molar-refractivity contribution in [1.29, 1.82) is 0 Å². The fourth-order valence-electron chi connectivity index (χ4n) is 1.86. The first kappa shape index (κ1) is 15.1. The van der Waals surface area contributed by atoms with Crippen LogP contribution in [-0.4, -0.2) is 19.6 Å². The fourth-order valence-corrected chi connectivity index (χ4v) is 3.36. The fraction of sp³-hybridized carbons (Fsp3) is 0.400. The van der Waals surface area contributed by atoms with Crippen LogP contribution in [0.15, 0.2) is 40.0 Å². The van der Waals surface area contributed by atoms with Crippen LogP contribution in [-0.2, 0) is 12.0 Å². The van der Waals surface area contributed by atoms with Crippen molar-refractivity contribution < 1.29 is 0 Å². The van der Waals surface area contributed by atoms with E-state index in [1.54, 1.807) is 22.7 Å². The highest BCUT2D eigenvalue weighted by molar-refractivity contribution is 7.10. The van der Waals surface area contributed by atoms with Crippen LogP contribution in [0.5, 0.6) is 0 Å². The first-order valence-electron chi connectivity index (χ1n) is 6.63. The van der Waals surface area contributed by atoms with Gasteiger partial charge in [-0.25, -0.2) is 0 Å². The Balaban J connectivity index is 1.85. The van der Waals surface area contributed by atoms with E-state index in [1.807, 2.05) is 7.05 Å². The summed E-state index contributed by atoms with van der Waals surface area (Å²) in [6.07, 6.45) is 0. The first-order chi connectivity index (χ1) is 9.62. The van der Waals surface area contributed by atoms with Crippen LogP contribution < -0.4 is 10.6 Å². The molecule has 0 fully saturated rings. The first-order valence-corrected chi connectivity index (χ1v) is 8.38. The molecule has 0 aromatic carbocycles. The molecule has 0 aliphatic carbocycles.